The van der Waals surface area contributed by atoms with Gasteiger partial charge in [-0.1, -0.05) is 20.8 Å². The molecule has 3 nitrogen and oxygen atoms in total. The van der Waals surface area contributed by atoms with Crippen LogP contribution in [-0.2, 0) is 0 Å². The van der Waals surface area contributed by atoms with E-state index < -0.39 is 0 Å². The maximum atomic E-state index is 9.14. The van der Waals surface area contributed by atoms with Gasteiger partial charge in [-0.2, -0.15) is 0 Å². The van der Waals surface area contributed by atoms with E-state index in [0.717, 1.165) is 25.9 Å². The number of hydrogen-bond acceptors (Lipinski definition) is 3. The van der Waals surface area contributed by atoms with Crippen molar-refractivity contribution in [3.63, 3.8) is 0 Å². The molecular weight excluding hydrogens is 200 g/mol. The maximum absolute atomic E-state index is 9.14. The molecule has 3 N–H and O–H groups in total. The fourth-order valence-electron chi connectivity index (χ4n) is 3.08. The minimum Gasteiger partial charge on any atom is -0.396 e. The Hall–Kier alpha value is -0.120. The molecule has 1 aliphatic heterocycles. The highest BCUT2D eigenvalue weighted by molar-refractivity contribution is 4.91. The number of nitrogens with zero attached hydrogens (tertiary/aromatic N) is 1. The van der Waals surface area contributed by atoms with Crippen LogP contribution in [0.2, 0.25) is 0 Å². The third kappa shape index (κ3) is 3.44. The van der Waals surface area contributed by atoms with Gasteiger partial charge in [-0.3, -0.25) is 4.90 Å². The summed E-state index contributed by atoms with van der Waals surface area (Å²) in [6.45, 7) is 11.4. The highest BCUT2D eigenvalue weighted by Gasteiger charge is 2.34. The average molecular weight is 228 g/mol. The van der Waals surface area contributed by atoms with E-state index in [-0.39, 0.29) is 11.5 Å². The first-order valence-electron chi connectivity index (χ1n) is 6.46. The van der Waals surface area contributed by atoms with Crippen molar-refractivity contribution in [1.82, 2.24) is 4.90 Å². The Labute approximate surface area is 100 Å². The Morgan fingerprint density at radius 1 is 1.31 bits per heavy atom. The quantitative estimate of drug-likeness (QED) is 0.769. The van der Waals surface area contributed by atoms with Crippen LogP contribution in [0.3, 0.4) is 0 Å². The van der Waals surface area contributed by atoms with Crippen LogP contribution in [0.5, 0.6) is 0 Å². The number of nitrogens with two attached hydrogens (primary N) is 1. The predicted molar refractivity (Wildman–Crippen MR) is 68.3 cm³/mol. The lowest BCUT2D eigenvalue weighted by molar-refractivity contribution is 0.0396. The molecule has 0 aromatic rings. The molecule has 16 heavy (non-hydrogen) atoms. The van der Waals surface area contributed by atoms with Crippen molar-refractivity contribution >= 4 is 0 Å². The van der Waals surface area contributed by atoms with Gasteiger partial charge in [0, 0.05) is 18.7 Å². The minimum atomic E-state index is 0.200. The van der Waals surface area contributed by atoms with E-state index in [4.69, 9.17) is 10.8 Å². The lowest BCUT2D eigenvalue weighted by Gasteiger charge is -2.45. The summed E-state index contributed by atoms with van der Waals surface area (Å²) < 4.78 is 0. The molecular formula is C13H28N2O. The first-order valence-corrected chi connectivity index (χ1v) is 6.46. The Morgan fingerprint density at radius 3 is 2.12 bits per heavy atom. The largest absolute Gasteiger partial charge is 0.396 e. The third-order valence-corrected chi connectivity index (χ3v) is 3.69. The standard InChI is InChI=1S/C13H28N2O/c1-10(14)12(13(2,3)4)15-7-5-11(9-16)6-8-15/h10-12,16H,5-9,14H2,1-4H3. The summed E-state index contributed by atoms with van der Waals surface area (Å²) in [6, 6.07) is 0.637. The summed E-state index contributed by atoms with van der Waals surface area (Å²) in [6.07, 6.45) is 2.21. The van der Waals surface area contributed by atoms with Crippen LogP contribution in [0.25, 0.3) is 0 Å². The highest BCUT2D eigenvalue weighted by atomic mass is 16.3. The van der Waals surface area contributed by atoms with E-state index in [2.05, 4.69) is 32.6 Å². The fraction of sp³-hybridized carbons (Fsp3) is 1.00. The Bertz CT molecular complexity index is 202. The normalized spacial score (nSPS) is 24.4. The number of aliphatic hydroxyl groups is 1. The van der Waals surface area contributed by atoms with Gasteiger partial charge in [0.2, 0.25) is 0 Å². The topological polar surface area (TPSA) is 49.5 Å². The monoisotopic (exact) mass is 228 g/mol. The lowest BCUT2D eigenvalue weighted by Crippen LogP contribution is -2.55. The summed E-state index contributed by atoms with van der Waals surface area (Å²) >= 11 is 0. The Kier molecular flexibility index (Phi) is 4.77. The van der Waals surface area contributed by atoms with Crippen molar-refractivity contribution < 1.29 is 5.11 Å². The van der Waals surface area contributed by atoms with Gasteiger partial charge >= 0.3 is 0 Å². The van der Waals surface area contributed by atoms with Gasteiger partial charge < -0.3 is 10.8 Å². The summed E-state index contributed by atoms with van der Waals surface area (Å²) in [5.74, 6) is 0.505. The molecule has 0 aromatic heterocycles. The van der Waals surface area contributed by atoms with Crippen molar-refractivity contribution in [3.8, 4) is 0 Å². The summed E-state index contributed by atoms with van der Waals surface area (Å²) in [5.41, 5.74) is 6.35. The van der Waals surface area contributed by atoms with Crippen LogP contribution in [0.4, 0.5) is 0 Å². The molecule has 1 fully saturated rings. The predicted octanol–water partition coefficient (Wildman–Crippen LogP) is 1.45. The molecule has 0 saturated carbocycles. The third-order valence-electron chi connectivity index (χ3n) is 3.69. The molecule has 0 radical (unpaired) electrons. The Morgan fingerprint density at radius 2 is 1.81 bits per heavy atom. The number of likely N-dealkylation sites (tertiary alicyclic amines) is 1. The number of aliphatic hydroxyl groups excluding tert-OH is 1. The number of hydrogen-bond donors (Lipinski definition) is 2. The average Bonchev–Trinajstić information content (AvgIpc) is 2.16. The van der Waals surface area contributed by atoms with Gasteiger partial charge in [0.25, 0.3) is 0 Å². The summed E-state index contributed by atoms with van der Waals surface area (Å²) in [4.78, 5) is 2.51. The van der Waals surface area contributed by atoms with E-state index in [1.165, 1.54) is 0 Å². The molecule has 96 valence electrons. The van der Waals surface area contributed by atoms with Crippen LogP contribution < -0.4 is 5.73 Å². The highest BCUT2D eigenvalue weighted by Crippen LogP contribution is 2.29. The second-order valence-corrected chi connectivity index (χ2v) is 6.33. The Balaban J connectivity index is 2.61. The maximum Gasteiger partial charge on any atom is 0.0460 e. The molecule has 1 saturated heterocycles. The van der Waals surface area contributed by atoms with Gasteiger partial charge in [-0.05, 0) is 44.2 Å². The zero-order valence-electron chi connectivity index (χ0n) is 11.2. The molecule has 2 unspecified atom stereocenters. The van der Waals surface area contributed by atoms with E-state index in [9.17, 15) is 0 Å². The van der Waals surface area contributed by atoms with Gasteiger partial charge in [0.05, 0.1) is 0 Å². The molecule has 1 aliphatic rings. The number of rotatable bonds is 3. The van der Waals surface area contributed by atoms with Gasteiger partial charge in [0.1, 0.15) is 0 Å². The summed E-state index contributed by atoms with van der Waals surface area (Å²) in [5, 5.41) is 9.14. The van der Waals surface area contributed by atoms with Gasteiger partial charge in [-0.15, -0.1) is 0 Å². The smallest absolute Gasteiger partial charge is 0.0460 e. The molecule has 3 heteroatoms. The first kappa shape index (κ1) is 13.9. The molecule has 2 atom stereocenters. The van der Waals surface area contributed by atoms with E-state index in [1.54, 1.807) is 0 Å². The van der Waals surface area contributed by atoms with Crippen molar-refractivity contribution in [1.29, 1.82) is 0 Å². The number of piperidine rings is 1. The van der Waals surface area contributed by atoms with Crippen LogP contribution >= 0.6 is 0 Å². The van der Waals surface area contributed by atoms with E-state index >= 15 is 0 Å². The molecule has 0 spiro atoms. The SMILES string of the molecule is CC(N)C(N1CCC(CO)CC1)C(C)(C)C. The second kappa shape index (κ2) is 5.48. The molecule has 1 rings (SSSR count). The zero-order chi connectivity index (χ0) is 12.3. The minimum absolute atomic E-state index is 0.200. The van der Waals surface area contributed by atoms with Crippen LogP contribution in [0.15, 0.2) is 0 Å². The van der Waals surface area contributed by atoms with E-state index in [0.29, 0.717) is 18.6 Å². The van der Waals surface area contributed by atoms with E-state index in [1.807, 2.05) is 0 Å². The van der Waals surface area contributed by atoms with Crippen molar-refractivity contribution in [3.05, 3.63) is 0 Å². The molecule has 0 bridgehead atoms. The second-order valence-electron chi connectivity index (χ2n) is 6.33. The van der Waals surface area contributed by atoms with Crippen LogP contribution in [0.1, 0.15) is 40.5 Å². The first-order chi connectivity index (χ1) is 7.36. The summed E-state index contributed by atoms with van der Waals surface area (Å²) in [7, 11) is 0. The molecule has 0 amide bonds. The zero-order valence-corrected chi connectivity index (χ0v) is 11.2. The molecule has 0 aliphatic carbocycles. The fourth-order valence-corrected chi connectivity index (χ4v) is 3.08. The van der Waals surface area contributed by atoms with Gasteiger partial charge in [0.15, 0.2) is 0 Å². The molecule has 0 aromatic carbocycles. The van der Waals surface area contributed by atoms with Crippen molar-refractivity contribution in [2.75, 3.05) is 19.7 Å². The lowest BCUT2D eigenvalue weighted by atomic mass is 9.80. The van der Waals surface area contributed by atoms with Gasteiger partial charge in [-0.25, -0.2) is 0 Å². The van der Waals surface area contributed by atoms with Crippen LogP contribution in [0, 0.1) is 11.3 Å². The van der Waals surface area contributed by atoms with Crippen LogP contribution in [-0.4, -0.2) is 41.8 Å². The van der Waals surface area contributed by atoms with Crippen molar-refractivity contribution in [2.24, 2.45) is 17.1 Å². The van der Waals surface area contributed by atoms with Crippen molar-refractivity contribution in [2.45, 2.75) is 52.6 Å². The molecule has 1 heterocycles.